The largest absolute Gasteiger partial charge is 0.434 e. The second kappa shape index (κ2) is 8.10. The highest BCUT2D eigenvalue weighted by molar-refractivity contribution is 5.97. The monoisotopic (exact) mass is 345 g/mol. The molecule has 0 aliphatic carbocycles. The lowest BCUT2D eigenvalue weighted by molar-refractivity contribution is -0.0503. The first-order valence-electron chi connectivity index (χ1n) is 8.50. The summed E-state index contributed by atoms with van der Waals surface area (Å²) in [5, 5.41) is 0. The van der Waals surface area contributed by atoms with Gasteiger partial charge in [0.05, 0.1) is 5.56 Å². The first kappa shape index (κ1) is 17.4. The fourth-order valence-electron chi connectivity index (χ4n) is 3.30. The number of amides is 1. The number of carbonyl (C=O) groups is 1. The lowest BCUT2D eigenvalue weighted by Gasteiger charge is -2.32. The zero-order chi connectivity index (χ0) is 17.6. The molecule has 1 saturated heterocycles. The molecule has 0 atom stereocenters. The number of hydrogen-bond acceptors (Lipinski definition) is 2. The average molecular weight is 345 g/mol. The molecule has 132 valence electrons. The molecule has 3 rings (SSSR count). The van der Waals surface area contributed by atoms with Gasteiger partial charge in [-0.05, 0) is 42.9 Å². The molecule has 0 unspecified atom stereocenters. The van der Waals surface area contributed by atoms with Crippen LogP contribution in [0.3, 0.4) is 0 Å². The van der Waals surface area contributed by atoms with Gasteiger partial charge in [0.1, 0.15) is 5.75 Å². The Kier molecular flexibility index (Phi) is 5.64. The van der Waals surface area contributed by atoms with Crippen molar-refractivity contribution in [2.75, 3.05) is 13.1 Å². The van der Waals surface area contributed by atoms with Gasteiger partial charge in [-0.2, -0.15) is 8.78 Å². The minimum atomic E-state index is -2.94. The Morgan fingerprint density at radius 1 is 1.04 bits per heavy atom. The SMILES string of the molecule is O=C(c1ccccc1OC(F)F)N1CCC(Cc2ccccc2)CC1. The second-order valence-corrected chi connectivity index (χ2v) is 6.30. The third-order valence-electron chi connectivity index (χ3n) is 4.60. The number of para-hydroxylation sites is 1. The predicted octanol–water partition coefficient (Wildman–Crippen LogP) is 4.38. The molecule has 5 heteroatoms. The number of benzene rings is 2. The summed E-state index contributed by atoms with van der Waals surface area (Å²) in [5.74, 6) is 0.238. The molecule has 0 spiro atoms. The lowest BCUT2D eigenvalue weighted by Crippen LogP contribution is -2.39. The van der Waals surface area contributed by atoms with E-state index in [0.717, 1.165) is 19.3 Å². The Morgan fingerprint density at radius 2 is 1.68 bits per heavy atom. The third-order valence-corrected chi connectivity index (χ3v) is 4.60. The van der Waals surface area contributed by atoms with Crippen molar-refractivity contribution in [1.82, 2.24) is 4.90 Å². The number of halogens is 2. The number of carbonyl (C=O) groups excluding carboxylic acids is 1. The number of likely N-dealkylation sites (tertiary alicyclic amines) is 1. The molecular weight excluding hydrogens is 324 g/mol. The maximum atomic E-state index is 12.7. The van der Waals surface area contributed by atoms with Gasteiger partial charge in [0.15, 0.2) is 0 Å². The molecule has 1 aliphatic heterocycles. The van der Waals surface area contributed by atoms with Crippen molar-refractivity contribution in [3.8, 4) is 5.75 Å². The standard InChI is InChI=1S/C20H21F2NO2/c21-20(22)25-18-9-5-4-8-17(18)19(24)23-12-10-16(11-13-23)14-15-6-2-1-3-7-15/h1-9,16,20H,10-14H2. The van der Waals surface area contributed by atoms with Crippen LogP contribution >= 0.6 is 0 Å². The topological polar surface area (TPSA) is 29.5 Å². The van der Waals surface area contributed by atoms with Crippen molar-refractivity contribution >= 4 is 5.91 Å². The summed E-state index contributed by atoms with van der Waals surface area (Å²) in [7, 11) is 0. The molecule has 1 fully saturated rings. The number of alkyl halides is 2. The average Bonchev–Trinajstić information content (AvgIpc) is 2.63. The molecule has 3 nitrogen and oxygen atoms in total. The molecule has 1 heterocycles. The van der Waals surface area contributed by atoms with Gasteiger partial charge in [-0.1, -0.05) is 42.5 Å². The van der Waals surface area contributed by atoms with Crippen molar-refractivity contribution in [2.45, 2.75) is 25.9 Å². The molecule has 25 heavy (non-hydrogen) atoms. The molecule has 0 radical (unpaired) electrons. The van der Waals surface area contributed by atoms with Gasteiger partial charge < -0.3 is 9.64 Å². The highest BCUT2D eigenvalue weighted by atomic mass is 19.3. The highest BCUT2D eigenvalue weighted by Gasteiger charge is 2.26. The zero-order valence-electron chi connectivity index (χ0n) is 13.9. The first-order chi connectivity index (χ1) is 12.1. The summed E-state index contributed by atoms with van der Waals surface area (Å²) in [6, 6.07) is 16.5. The van der Waals surface area contributed by atoms with Crippen molar-refractivity contribution in [3.63, 3.8) is 0 Å². The maximum absolute atomic E-state index is 12.7. The van der Waals surface area contributed by atoms with Crippen LogP contribution in [0.1, 0.15) is 28.8 Å². The highest BCUT2D eigenvalue weighted by Crippen LogP contribution is 2.26. The number of nitrogens with zero attached hydrogens (tertiary/aromatic N) is 1. The van der Waals surface area contributed by atoms with Gasteiger partial charge in [0.2, 0.25) is 0 Å². The van der Waals surface area contributed by atoms with Crippen LogP contribution in [0.5, 0.6) is 5.75 Å². The number of ether oxygens (including phenoxy) is 1. The Hall–Kier alpha value is -2.43. The van der Waals surface area contributed by atoms with E-state index in [1.165, 1.54) is 17.7 Å². The smallest absolute Gasteiger partial charge is 0.387 e. The summed E-state index contributed by atoms with van der Waals surface area (Å²) in [6.07, 6.45) is 2.84. The van der Waals surface area contributed by atoms with Crippen LogP contribution in [0, 0.1) is 5.92 Å². The van der Waals surface area contributed by atoms with Crippen molar-refractivity contribution in [3.05, 3.63) is 65.7 Å². The van der Waals surface area contributed by atoms with Crippen LogP contribution < -0.4 is 4.74 Å². The van der Waals surface area contributed by atoms with E-state index in [4.69, 9.17) is 0 Å². The van der Waals surface area contributed by atoms with Gasteiger partial charge >= 0.3 is 6.61 Å². The minimum absolute atomic E-state index is 0.0612. The van der Waals surface area contributed by atoms with E-state index in [-0.39, 0.29) is 17.2 Å². The maximum Gasteiger partial charge on any atom is 0.387 e. The Balaban J connectivity index is 1.60. The van der Waals surface area contributed by atoms with Gasteiger partial charge in [-0.3, -0.25) is 4.79 Å². The Labute approximate surface area is 146 Å². The van der Waals surface area contributed by atoms with Gasteiger partial charge in [-0.25, -0.2) is 0 Å². The van der Waals surface area contributed by atoms with E-state index in [1.807, 2.05) is 18.2 Å². The van der Waals surface area contributed by atoms with Gasteiger partial charge in [0.25, 0.3) is 5.91 Å². The quantitative estimate of drug-likeness (QED) is 0.805. The molecule has 2 aromatic rings. The fraction of sp³-hybridized carbons (Fsp3) is 0.350. The van der Waals surface area contributed by atoms with E-state index >= 15 is 0 Å². The molecule has 0 bridgehead atoms. The third kappa shape index (κ3) is 4.56. The summed E-state index contributed by atoms with van der Waals surface area (Å²) in [5.41, 5.74) is 1.51. The first-order valence-corrected chi connectivity index (χ1v) is 8.50. The normalized spacial score (nSPS) is 15.4. The van der Waals surface area contributed by atoms with E-state index in [1.54, 1.807) is 17.0 Å². The lowest BCUT2D eigenvalue weighted by atomic mass is 9.90. The molecule has 0 saturated carbocycles. The van der Waals surface area contributed by atoms with Gasteiger partial charge in [0, 0.05) is 13.1 Å². The second-order valence-electron chi connectivity index (χ2n) is 6.30. The van der Waals surface area contributed by atoms with Gasteiger partial charge in [-0.15, -0.1) is 0 Å². The number of rotatable bonds is 5. The van der Waals surface area contributed by atoms with Crippen LogP contribution in [0.2, 0.25) is 0 Å². The van der Waals surface area contributed by atoms with Crippen LogP contribution in [-0.2, 0) is 6.42 Å². The fourth-order valence-corrected chi connectivity index (χ4v) is 3.30. The van der Waals surface area contributed by atoms with Crippen LogP contribution in [0.4, 0.5) is 8.78 Å². The molecule has 0 aromatic heterocycles. The van der Waals surface area contributed by atoms with Crippen molar-refractivity contribution < 1.29 is 18.3 Å². The Bertz CT molecular complexity index is 698. The summed E-state index contributed by atoms with van der Waals surface area (Å²) in [6.45, 7) is -1.66. The predicted molar refractivity (Wildman–Crippen MR) is 91.8 cm³/mol. The van der Waals surface area contributed by atoms with E-state index < -0.39 is 6.61 Å². The van der Waals surface area contributed by atoms with Crippen LogP contribution in [-0.4, -0.2) is 30.5 Å². The zero-order valence-corrected chi connectivity index (χ0v) is 13.9. The number of hydrogen-bond donors (Lipinski definition) is 0. The van der Waals surface area contributed by atoms with Crippen molar-refractivity contribution in [2.24, 2.45) is 5.92 Å². The van der Waals surface area contributed by atoms with Crippen LogP contribution in [0.25, 0.3) is 0 Å². The molecular formula is C20H21F2NO2. The molecule has 1 aliphatic rings. The summed E-state index contributed by atoms with van der Waals surface area (Å²) >= 11 is 0. The van der Waals surface area contributed by atoms with E-state index in [0.29, 0.717) is 19.0 Å². The number of piperidine rings is 1. The molecule has 1 amide bonds. The van der Waals surface area contributed by atoms with Crippen LogP contribution in [0.15, 0.2) is 54.6 Å². The summed E-state index contributed by atoms with van der Waals surface area (Å²) < 4.78 is 29.5. The van der Waals surface area contributed by atoms with Crippen molar-refractivity contribution in [1.29, 1.82) is 0 Å². The minimum Gasteiger partial charge on any atom is -0.434 e. The van der Waals surface area contributed by atoms with E-state index in [9.17, 15) is 13.6 Å². The summed E-state index contributed by atoms with van der Waals surface area (Å²) in [4.78, 5) is 14.4. The Morgan fingerprint density at radius 3 is 2.36 bits per heavy atom. The van der Waals surface area contributed by atoms with E-state index in [2.05, 4.69) is 16.9 Å². The molecule has 0 N–H and O–H groups in total. The molecule has 2 aromatic carbocycles.